The van der Waals surface area contributed by atoms with Crippen LogP contribution in [0.2, 0.25) is 0 Å². The van der Waals surface area contributed by atoms with Crippen LogP contribution in [0.15, 0.2) is 22.7 Å². The Morgan fingerprint density at radius 1 is 1.40 bits per heavy atom. The maximum Gasteiger partial charge on any atom is 0.312 e. The maximum atomic E-state index is 11.0. The molecule has 0 saturated carbocycles. The van der Waals surface area contributed by atoms with E-state index in [-0.39, 0.29) is 11.1 Å². The number of nitrogens with zero attached hydrogens (tertiary/aromatic N) is 1. The van der Waals surface area contributed by atoms with Crippen LogP contribution in [-0.2, 0) is 4.74 Å². The highest BCUT2D eigenvalue weighted by Crippen LogP contribution is 2.36. The quantitative estimate of drug-likeness (QED) is 0.420. The highest BCUT2D eigenvalue weighted by molar-refractivity contribution is 9.10. The van der Waals surface area contributed by atoms with E-state index in [9.17, 15) is 10.1 Å². The van der Waals surface area contributed by atoms with Crippen LogP contribution in [0.4, 0.5) is 5.69 Å². The third-order valence-electron chi connectivity index (χ3n) is 3.49. The summed E-state index contributed by atoms with van der Waals surface area (Å²) in [7, 11) is 0. The summed E-state index contributed by atoms with van der Waals surface area (Å²) in [6.45, 7) is 1.86. The molecule has 0 radical (unpaired) electrons. The van der Waals surface area contributed by atoms with Crippen LogP contribution in [0.1, 0.15) is 12.8 Å². The molecule has 20 heavy (non-hydrogen) atoms. The maximum absolute atomic E-state index is 11.0. The summed E-state index contributed by atoms with van der Waals surface area (Å²) in [5.41, 5.74) is -0.0321. The van der Waals surface area contributed by atoms with Crippen molar-refractivity contribution in [1.29, 1.82) is 0 Å². The van der Waals surface area contributed by atoms with Gasteiger partial charge < -0.3 is 9.47 Å². The van der Waals surface area contributed by atoms with Crippen LogP contribution >= 0.6 is 31.9 Å². The summed E-state index contributed by atoms with van der Waals surface area (Å²) >= 11 is 6.76. The van der Waals surface area contributed by atoms with Gasteiger partial charge in [0.25, 0.3) is 0 Å². The lowest BCUT2D eigenvalue weighted by molar-refractivity contribution is -0.386. The van der Waals surface area contributed by atoms with Crippen LogP contribution in [0.25, 0.3) is 0 Å². The second kappa shape index (κ2) is 6.87. The van der Waals surface area contributed by atoms with Gasteiger partial charge in [0.2, 0.25) is 0 Å². The minimum Gasteiger partial charge on any atom is -0.486 e. The molecule has 1 fully saturated rings. The molecule has 1 aliphatic heterocycles. The fourth-order valence-electron chi connectivity index (χ4n) is 2.11. The first-order valence-corrected chi connectivity index (χ1v) is 8.18. The zero-order chi connectivity index (χ0) is 14.6. The van der Waals surface area contributed by atoms with Crippen molar-refractivity contribution in [2.24, 2.45) is 5.41 Å². The van der Waals surface area contributed by atoms with Crippen LogP contribution < -0.4 is 4.74 Å². The molecule has 1 aromatic rings. The van der Waals surface area contributed by atoms with Gasteiger partial charge in [-0.15, -0.1) is 0 Å². The van der Waals surface area contributed by atoms with Gasteiger partial charge in [-0.2, -0.15) is 0 Å². The van der Waals surface area contributed by atoms with E-state index >= 15 is 0 Å². The highest BCUT2D eigenvalue weighted by atomic mass is 79.9. The average Bonchev–Trinajstić information content (AvgIpc) is 2.47. The van der Waals surface area contributed by atoms with Gasteiger partial charge in [-0.25, -0.2) is 0 Å². The molecule has 0 spiro atoms. The molecule has 5 nitrogen and oxygen atoms in total. The molecule has 0 bridgehead atoms. The van der Waals surface area contributed by atoms with Gasteiger partial charge in [-0.1, -0.05) is 31.9 Å². The molecule has 1 aliphatic rings. The summed E-state index contributed by atoms with van der Waals surface area (Å²) in [5.74, 6) is 0.310. The monoisotopic (exact) mass is 407 g/mol. The number of hydrogen-bond donors (Lipinski definition) is 0. The number of alkyl halides is 1. The molecule has 0 aromatic heterocycles. The van der Waals surface area contributed by atoms with E-state index < -0.39 is 4.92 Å². The Hall–Kier alpha value is -0.660. The van der Waals surface area contributed by atoms with Crippen molar-refractivity contribution in [1.82, 2.24) is 0 Å². The van der Waals surface area contributed by atoms with Crippen LogP contribution in [0.5, 0.6) is 5.75 Å². The summed E-state index contributed by atoms with van der Waals surface area (Å²) in [5, 5.41) is 11.8. The lowest BCUT2D eigenvalue weighted by atomic mass is 9.83. The number of rotatable bonds is 5. The highest BCUT2D eigenvalue weighted by Gasteiger charge is 2.33. The predicted octanol–water partition coefficient (Wildman–Crippen LogP) is 3.93. The van der Waals surface area contributed by atoms with E-state index in [0.717, 1.165) is 18.2 Å². The normalized spacial score (nSPS) is 17.7. The van der Waals surface area contributed by atoms with Crippen LogP contribution in [-0.4, -0.2) is 30.1 Å². The van der Waals surface area contributed by atoms with E-state index in [0.29, 0.717) is 30.0 Å². The summed E-state index contributed by atoms with van der Waals surface area (Å²) in [4.78, 5) is 10.6. The molecular formula is C13H15Br2NO4. The Labute approximate surface area is 134 Å². The fourth-order valence-corrected chi connectivity index (χ4v) is 3.18. The molecule has 0 unspecified atom stereocenters. The van der Waals surface area contributed by atoms with E-state index in [1.807, 2.05) is 0 Å². The van der Waals surface area contributed by atoms with Gasteiger partial charge in [-0.05, 0) is 25.0 Å². The second-order valence-electron chi connectivity index (χ2n) is 4.90. The average molecular weight is 409 g/mol. The van der Waals surface area contributed by atoms with Crippen molar-refractivity contribution in [3.63, 3.8) is 0 Å². The minimum absolute atomic E-state index is 0.0147. The zero-order valence-corrected chi connectivity index (χ0v) is 14.0. The van der Waals surface area contributed by atoms with E-state index in [2.05, 4.69) is 31.9 Å². The molecule has 2 rings (SSSR count). The number of nitro benzene ring substituents is 1. The first-order valence-electron chi connectivity index (χ1n) is 6.27. The van der Waals surface area contributed by atoms with Crippen molar-refractivity contribution < 1.29 is 14.4 Å². The van der Waals surface area contributed by atoms with Gasteiger partial charge in [0.1, 0.15) is 0 Å². The first kappa shape index (κ1) is 15.7. The number of nitro groups is 1. The van der Waals surface area contributed by atoms with Crippen molar-refractivity contribution in [3.05, 3.63) is 32.8 Å². The molecular weight excluding hydrogens is 394 g/mol. The predicted molar refractivity (Wildman–Crippen MR) is 82.6 cm³/mol. The molecule has 0 aliphatic carbocycles. The van der Waals surface area contributed by atoms with Gasteiger partial charge in [0.15, 0.2) is 5.75 Å². The molecule has 0 N–H and O–H groups in total. The standard InChI is InChI=1S/C13H15Br2NO4/c14-8-13(3-5-19-6-4-13)9-20-12-2-1-10(15)7-11(12)16(17)18/h1-2,7H,3-6,8-9H2. The third kappa shape index (κ3) is 3.71. The van der Waals surface area contributed by atoms with Crippen molar-refractivity contribution >= 4 is 37.5 Å². The van der Waals surface area contributed by atoms with Gasteiger partial charge >= 0.3 is 5.69 Å². The second-order valence-corrected chi connectivity index (χ2v) is 6.38. The zero-order valence-electron chi connectivity index (χ0n) is 10.8. The summed E-state index contributed by atoms with van der Waals surface area (Å²) < 4.78 is 11.8. The number of hydrogen-bond acceptors (Lipinski definition) is 4. The molecule has 1 aromatic carbocycles. The molecule has 0 amide bonds. The molecule has 7 heteroatoms. The Kier molecular flexibility index (Phi) is 5.40. The third-order valence-corrected chi connectivity index (χ3v) is 5.17. The number of halogens is 2. The van der Waals surface area contributed by atoms with Crippen molar-refractivity contribution in [2.45, 2.75) is 12.8 Å². The molecule has 1 heterocycles. The van der Waals surface area contributed by atoms with Crippen molar-refractivity contribution in [3.8, 4) is 5.75 Å². The lowest BCUT2D eigenvalue weighted by Gasteiger charge is -2.35. The fraction of sp³-hybridized carbons (Fsp3) is 0.538. The van der Waals surface area contributed by atoms with Gasteiger partial charge in [-0.3, -0.25) is 10.1 Å². The number of ether oxygens (including phenoxy) is 2. The summed E-state index contributed by atoms with van der Waals surface area (Å²) in [6.07, 6.45) is 1.78. The van der Waals surface area contributed by atoms with E-state index in [4.69, 9.17) is 9.47 Å². The van der Waals surface area contributed by atoms with Crippen LogP contribution in [0, 0.1) is 15.5 Å². The van der Waals surface area contributed by atoms with E-state index in [1.165, 1.54) is 6.07 Å². The van der Waals surface area contributed by atoms with Crippen molar-refractivity contribution in [2.75, 3.05) is 25.2 Å². The number of benzene rings is 1. The molecule has 110 valence electrons. The smallest absolute Gasteiger partial charge is 0.312 e. The van der Waals surface area contributed by atoms with E-state index in [1.54, 1.807) is 12.1 Å². The Balaban J connectivity index is 2.11. The van der Waals surface area contributed by atoms with Gasteiger partial charge in [0, 0.05) is 34.5 Å². The lowest BCUT2D eigenvalue weighted by Crippen LogP contribution is -2.36. The Morgan fingerprint density at radius 3 is 2.70 bits per heavy atom. The summed E-state index contributed by atoms with van der Waals surface area (Å²) in [6, 6.07) is 4.83. The molecule has 0 atom stereocenters. The van der Waals surface area contributed by atoms with Crippen LogP contribution in [0.3, 0.4) is 0 Å². The molecule has 1 saturated heterocycles. The van der Waals surface area contributed by atoms with Gasteiger partial charge in [0.05, 0.1) is 11.5 Å². The Morgan fingerprint density at radius 2 is 2.10 bits per heavy atom. The minimum atomic E-state index is -0.426. The Bertz CT molecular complexity index is 489. The SMILES string of the molecule is O=[N+]([O-])c1cc(Br)ccc1OCC1(CBr)CCOCC1. The first-order chi connectivity index (χ1) is 9.56. The largest absolute Gasteiger partial charge is 0.486 e. The topological polar surface area (TPSA) is 61.6 Å².